The molecule has 0 radical (unpaired) electrons. The normalized spacial score (nSPS) is 10.6. The number of halogens is 1. The number of nitrogens with one attached hydrogen (secondary N) is 2. The zero-order valence-corrected chi connectivity index (χ0v) is 17.0. The lowest BCUT2D eigenvalue weighted by molar-refractivity contribution is -0.116. The Kier molecular flexibility index (Phi) is 5.84. The molecule has 0 spiro atoms. The number of nitrogen functional groups attached to an aromatic ring is 1. The molecule has 0 saturated carbocycles. The van der Waals surface area contributed by atoms with Crippen molar-refractivity contribution < 1.29 is 9.59 Å². The third-order valence-electron chi connectivity index (χ3n) is 4.24. The van der Waals surface area contributed by atoms with E-state index in [9.17, 15) is 9.59 Å². The molecule has 0 saturated heterocycles. The average molecular weight is 413 g/mol. The topological polar surface area (TPSA) is 115 Å². The molecule has 0 fully saturated rings. The molecule has 4 N–H and O–H groups in total. The Balaban J connectivity index is 1.70. The van der Waals surface area contributed by atoms with E-state index >= 15 is 0 Å². The first-order chi connectivity index (χ1) is 13.7. The van der Waals surface area contributed by atoms with Gasteiger partial charge in [0.1, 0.15) is 6.54 Å². The lowest BCUT2D eigenvalue weighted by atomic mass is 10.1. The quantitative estimate of drug-likeness (QED) is 0.594. The van der Waals surface area contributed by atoms with Crippen molar-refractivity contribution in [3.8, 4) is 0 Å². The van der Waals surface area contributed by atoms with Crippen LogP contribution in [0.2, 0.25) is 5.02 Å². The summed E-state index contributed by atoms with van der Waals surface area (Å²) in [5, 5.41) is 13.6. The number of nitrogens with zero attached hydrogens (tertiary/aromatic N) is 3. The van der Waals surface area contributed by atoms with Crippen LogP contribution in [0, 0.1) is 20.8 Å². The van der Waals surface area contributed by atoms with Crippen LogP contribution in [0.25, 0.3) is 0 Å². The highest BCUT2D eigenvalue weighted by atomic mass is 35.5. The molecule has 9 heteroatoms. The minimum absolute atomic E-state index is 0.00208. The van der Waals surface area contributed by atoms with E-state index < -0.39 is 5.91 Å². The number of rotatable bonds is 5. The lowest BCUT2D eigenvalue weighted by Gasteiger charge is -2.09. The van der Waals surface area contributed by atoms with Crippen LogP contribution in [0.5, 0.6) is 0 Å². The summed E-state index contributed by atoms with van der Waals surface area (Å²) in [6.45, 7) is 5.56. The van der Waals surface area contributed by atoms with Crippen LogP contribution in [0.15, 0.2) is 36.4 Å². The predicted octanol–water partition coefficient (Wildman–Crippen LogP) is 3.33. The molecule has 0 aliphatic heterocycles. The molecule has 150 valence electrons. The molecular formula is C20H21ClN6O2. The van der Waals surface area contributed by atoms with E-state index in [0.717, 1.165) is 16.7 Å². The smallest absolute Gasteiger partial charge is 0.280 e. The van der Waals surface area contributed by atoms with Crippen LogP contribution in [0.1, 0.15) is 27.2 Å². The number of aryl methyl sites for hydroxylation is 3. The van der Waals surface area contributed by atoms with Crippen LogP contribution in [-0.2, 0) is 11.3 Å². The van der Waals surface area contributed by atoms with Gasteiger partial charge in [0, 0.05) is 16.4 Å². The first-order valence-corrected chi connectivity index (χ1v) is 9.25. The standard InChI is InChI=1S/C20H21ClN6O2/c1-11-6-12(2)8-15(7-11)23-17(28)10-27-19(22)18(25-26-27)20(29)24-16-9-14(21)5-4-13(16)3/h4-9H,10,22H2,1-3H3,(H,23,28)(H,24,29). The van der Waals surface area contributed by atoms with Crippen LogP contribution >= 0.6 is 11.6 Å². The van der Waals surface area contributed by atoms with Gasteiger partial charge in [-0.2, -0.15) is 0 Å². The molecule has 1 aromatic heterocycles. The van der Waals surface area contributed by atoms with Crippen LogP contribution in [0.4, 0.5) is 17.2 Å². The Morgan fingerprint density at radius 2 is 1.76 bits per heavy atom. The van der Waals surface area contributed by atoms with E-state index in [-0.39, 0.29) is 24.0 Å². The predicted molar refractivity (Wildman–Crippen MR) is 113 cm³/mol. The molecule has 0 aliphatic carbocycles. The van der Waals surface area contributed by atoms with Gasteiger partial charge in [-0.25, -0.2) is 4.68 Å². The van der Waals surface area contributed by atoms with Gasteiger partial charge < -0.3 is 16.4 Å². The van der Waals surface area contributed by atoms with E-state index in [1.807, 2.05) is 39.0 Å². The Labute approximate surface area is 173 Å². The number of carbonyl (C=O) groups excluding carboxylic acids is 2. The Hall–Kier alpha value is -3.39. The molecule has 3 aromatic rings. The maximum Gasteiger partial charge on any atom is 0.280 e. The van der Waals surface area contributed by atoms with E-state index in [1.165, 1.54) is 4.68 Å². The second-order valence-corrected chi connectivity index (χ2v) is 7.26. The van der Waals surface area contributed by atoms with E-state index in [1.54, 1.807) is 18.2 Å². The SMILES string of the molecule is Cc1cc(C)cc(NC(=O)Cn2nnc(C(=O)Nc3cc(Cl)ccc3C)c2N)c1. The van der Waals surface area contributed by atoms with Crippen molar-refractivity contribution in [3.05, 3.63) is 63.8 Å². The zero-order chi connectivity index (χ0) is 21.1. The number of hydrogen-bond acceptors (Lipinski definition) is 5. The summed E-state index contributed by atoms with van der Waals surface area (Å²) < 4.78 is 1.18. The van der Waals surface area contributed by atoms with Crippen LogP contribution < -0.4 is 16.4 Å². The molecule has 0 unspecified atom stereocenters. The summed E-state index contributed by atoms with van der Waals surface area (Å²) in [6.07, 6.45) is 0. The number of anilines is 3. The molecule has 3 rings (SSSR count). The molecule has 2 amide bonds. The fourth-order valence-corrected chi connectivity index (χ4v) is 3.06. The number of benzene rings is 2. The van der Waals surface area contributed by atoms with Gasteiger partial charge in [0.2, 0.25) is 5.91 Å². The molecule has 0 atom stereocenters. The highest BCUT2D eigenvalue weighted by Gasteiger charge is 2.20. The first-order valence-electron chi connectivity index (χ1n) is 8.87. The van der Waals surface area contributed by atoms with E-state index in [0.29, 0.717) is 16.4 Å². The number of carbonyl (C=O) groups is 2. The zero-order valence-electron chi connectivity index (χ0n) is 16.3. The summed E-state index contributed by atoms with van der Waals surface area (Å²) in [5.41, 5.74) is 10.1. The van der Waals surface area contributed by atoms with Crippen molar-refractivity contribution in [1.29, 1.82) is 0 Å². The van der Waals surface area contributed by atoms with Crippen LogP contribution in [0.3, 0.4) is 0 Å². The monoisotopic (exact) mass is 412 g/mol. The van der Waals surface area contributed by atoms with Gasteiger partial charge in [-0.15, -0.1) is 5.10 Å². The largest absolute Gasteiger partial charge is 0.382 e. The van der Waals surface area contributed by atoms with Gasteiger partial charge in [0.05, 0.1) is 0 Å². The third kappa shape index (κ3) is 4.91. The molecule has 8 nitrogen and oxygen atoms in total. The second kappa shape index (κ2) is 8.32. The fourth-order valence-electron chi connectivity index (χ4n) is 2.89. The number of aromatic nitrogens is 3. The second-order valence-electron chi connectivity index (χ2n) is 6.82. The Bertz CT molecular complexity index is 1070. The van der Waals surface area contributed by atoms with Gasteiger partial charge in [0.25, 0.3) is 5.91 Å². The maximum absolute atomic E-state index is 12.5. The Morgan fingerprint density at radius 3 is 2.45 bits per heavy atom. The van der Waals surface area contributed by atoms with Crippen molar-refractivity contribution in [2.24, 2.45) is 0 Å². The van der Waals surface area contributed by atoms with Gasteiger partial charge >= 0.3 is 0 Å². The number of hydrogen-bond donors (Lipinski definition) is 3. The van der Waals surface area contributed by atoms with E-state index in [2.05, 4.69) is 20.9 Å². The molecule has 2 aromatic carbocycles. The fraction of sp³-hybridized carbons (Fsp3) is 0.200. The summed E-state index contributed by atoms with van der Waals surface area (Å²) in [4.78, 5) is 24.9. The van der Waals surface area contributed by atoms with Gasteiger partial charge in [-0.1, -0.05) is 28.9 Å². The summed E-state index contributed by atoms with van der Waals surface area (Å²) in [7, 11) is 0. The first kappa shape index (κ1) is 20.3. The number of amides is 2. The Morgan fingerprint density at radius 1 is 1.07 bits per heavy atom. The summed E-state index contributed by atoms with van der Waals surface area (Å²) >= 11 is 5.97. The van der Waals surface area contributed by atoms with Gasteiger partial charge in [-0.3, -0.25) is 9.59 Å². The van der Waals surface area contributed by atoms with Gasteiger partial charge in [-0.05, 0) is 61.7 Å². The number of nitrogens with two attached hydrogens (primary N) is 1. The molecule has 1 heterocycles. The minimum Gasteiger partial charge on any atom is -0.382 e. The lowest BCUT2D eigenvalue weighted by Crippen LogP contribution is -2.21. The van der Waals surface area contributed by atoms with Crippen molar-refractivity contribution in [2.75, 3.05) is 16.4 Å². The average Bonchev–Trinajstić information content (AvgIpc) is 2.97. The summed E-state index contributed by atoms with van der Waals surface area (Å²) in [5.74, 6) is -0.865. The molecule has 0 aliphatic rings. The van der Waals surface area contributed by atoms with E-state index in [4.69, 9.17) is 17.3 Å². The highest BCUT2D eigenvalue weighted by molar-refractivity contribution is 6.31. The molecule has 29 heavy (non-hydrogen) atoms. The molecular weight excluding hydrogens is 392 g/mol. The van der Waals surface area contributed by atoms with Crippen molar-refractivity contribution >= 4 is 40.6 Å². The highest BCUT2D eigenvalue weighted by Crippen LogP contribution is 2.21. The van der Waals surface area contributed by atoms with Gasteiger partial charge in [0.15, 0.2) is 11.5 Å². The maximum atomic E-state index is 12.5. The molecule has 0 bridgehead atoms. The minimum atomic E-state index is -0.533. The van der Waals surface area contributed by atoms with Crippen molar-refractivity contribution in [1.82, 2.24) is 15.0 Å². The van der Waals surface area contributed by atoms with Crippen molar-refractivity contribution in [3.63, 3.8) is 0 Å². The summed E-state index contributed by atoms with van der Waals surface area (Å²) in [6, 6.07) is 10.9. The van der Waals surface area contributed by atoms with Crippen LogP contribution in [-0.4, -0.2) is 26.8 Å². The third-order valence-corrected chi connectivity index (χ3v) is 4.47. The van der Waals surface area contributed by atoms with Crippen molar-refractivity contribution in [2.45, 2.75) is 27.3 Å².